The smallest absolute Gasteiger partial charge is 0.257 e. The van der Waals surface area contributed by atoms with Gasteiger partial charge in [0, 0.05) is 16.4 Å². The summed E-state index contributed by atoms with van der Waals surface area (Å²) in [4.78, 5) is 16.3. The Morgan fingerprint density at radius 2 is 1.78 bits per heavy atom. The number of anilines is 1. The first-order valence-corrected chi connectivity index (χ1v) is 10.1. The maximum atomic E-state index is 13.6. The number of rotatable bonds is 4. The van der Waals surface area contributed by atoms with Gasteiger partial charge in [-0.3, -0.25) is 4.79 Å². The summed E-state index contributed by atoms with van der Waals surface area (Å²) in [5.74, 6) is -0.944. The van der Waals surface area contributed by atoms with E-state index in [2.05, 4.69) is 26.2 Å². The second kappa shape index (κ2) is 7.58. The maximum absolute atomic E-state index is 13.6. The minimum absolute atomic E-state index is 0.102. The first-order chi connectivity index (χ1) is 12.8. The predicted molar refractivity (Wildman–Crippen MR) is 103 cm³/mol. The van der Waals surface area contributed by atoms with Crippen LogP contribution in [-0.4, -0.2) is 19.3 Å². The normalized spacial score (nSPS) is 11.2. The number of hydrogen-bond donors (Lipinski definition) is 1. The molecule has 1 aromatic heterocycles. The van der Waals surface area contributed by atoms with Gasteiger partial charge in [0.15, 0.2) is 5.03 Å². The van der Waals surface area contributed by atoms with Crippen molar-refractivity contribution in [2.75, 3.05) is 5.32 Å². The van der Waals surface area contributed by atoms with Crippen LogP contribution in [0.25, 0.3) is 0 Å². The van der Waals surface area contributed by atoms with E-state index in [1.165, 1.54) is 36.5 Å². The quantitative estimate of drug-likeness (QED) is 0.642. The van der Waals surface area contributed by atoms with Crippen LogP contribution in [0.2, 0.25) is 0 Å². The highest BCUT2D eigenvalue weighted by Gasteiger charge is 2.19. The molecule has 27 heavy (non-hydrogen) atoms. The molecule has 138 valence electrons. The van der Waals surface area contributed by atoms with Gasteiger partial charge in [-0.25, -0.2) is 17.8 Å². The van der Waals surface area contributed by atoms with Gasteiger partial charge >= 0.3 is 0 Å². The molecule has 1 amide bonds. The van der Waals surface area contributed by atoms with Crippen molar-refractivity contribution in [2.45, 2.75) is 16.8 Å². The lowest BCUT2D eigenvalue weighted by atomic mass is 10.2. The number of aromatic nitrogens is 1. The summed E-state index contributed by atoms with van der Waals surface area (Å²) in [5, 5.41) is 2.38. The van der Waals surface area contributed by atoms with Crippen LogP contribution in [0.5, 0.6) is 0 Å². The summed E-state index contributed by atoms with van der Waals surface area (Å²) in [7, 11) is -3.78. The highest BCUT2D eigenvalue weighted by molar-refractivity contribution is 9.10. The van der Waals surface area contributed by atoms with E-state index in [9.17, 15) is 17.6 Å². The fraction of sp³-hybridized carbons (Fsp3) is 0.0526. The molecular formula is C19H14BrFN2O3S. The van der Waals surface area contributed by atoms with Crippen LogP contribution >= 0.6 is 15.9 Å². The Hall–Kier alpha value is -2.58. The molecule has 1 N–H and O–H groups in total. The molecule has 1 heterocycles. The average Bonchev–Trinajstić information content (AvgIpc) is 2.65. The monoisotopic (exact) mass is 448 g/mol. The minimum Gasteiger partial charge on any atom is -0.322 e. The number of nitrogens with zero attached hydrogens (tertiary/aromatic N) is 1. The van der Waals surface area contributed by atoms with Crippen molar-refractivity contribution < 1.29 is 17.6 Å². The number of carbonyl (C=O) groups is 1. The molecule has 3 rings (SSSR count). The van der Waals surface area contributed by atoms with E-state index in [-0.39, 0.29) is 15.5 Å². The number of nitrogens with one attached hydrogen (secondary N) is 1. The first-order valence-electron chi connectivity index (χ1n) is 7.81. The number of amides is 1. The van der Waals surface area contributed by atoms with Gasteiger partial charge in [-0.2, -0.15) is 0 Å². The van der Waals surface area contributed by atoms with Crippen molar-refractivity contribution in [3.05, 3.63) is 82.2 Å². The van der Waals surface area contributed by atoms with Gasteiger partial charge in [0.1, 0.15) is 5.82 Å². The highest BCUT2D eigenvalue weighted by Crippen LogP contribution is 2.21. The lowest BCUT2D eigenvalue weighted by molar-refractivity contribution is 0.102. The van der Waals surface area contributed by atoms with Gasteiger partial charge in [0.05, 0.1) is 10.5 Å². The summed E-state index contributed by atoms with van der Waals surface area (Å²) in [6.07, 6.45) is 1.17. The van der Waals surface area contributed by atoms with Crippen LogP contribution in [0.15, 0.2) is 75.2 Å². The third-order valence-corrected chi connectivity index (χ3v) is 6.04. The van der Waals surface area contributed by atoms with E-state index in [1.54, 1.807) is 31.2 Å². The molecule has 0 aliphatic heterocycles. The van der Waals surface area contributed by atoms with Gasteiger partial charge in [0.2, 0.25) is 9.84 Å². The Bertz CT molecular complexity index is 1100. The van der Waals surface area contributed by atoms with Gasteiger partial charge in [0.25, 0.3) is 5.91 Å². The fourth-order valence-corrected chi connectivity index (χ4v) is 3.72. The lowest BCUT2D eigenvalue weighted by Crippen LogP contribution is -2.13. The molecule has 0 aliphatic carbocycles. The topological polar surface area (TPSA) is 76.1 Å². The van der Waals surface area contributed by atoms with Crippen molar-refractivity contribution in [3.8, 4) is 0 Å². The standard InChI is InChI=1S/C19H14BrFN2O3S/c1-12-2-6-15(10-17(12)21)23-19(24)13-3-9-18(22-11-13)27(25,26)16-7-4-14(20)5-8-16/h2-11H,1H3,(H,23,24). The van der Waals surface area contributed by atoms with E-state index in [0.29, 0.717) is 11.3 Å². The first kappa shape index (κ1) is 19.2. The summed E-state index contributed by atoms with van der Waals surface area (Å²) < 4.78 is 39.5. The molecule has 0 saturated heterocycles. The van der Waals surface area contributed by atoms with Crippen LogP contribution < -0.4 is 5.32 Å². The number of aryl methyl sites for hydroxylation is 1. The van der Waals surface area contributed by atoms with Gasteiger partial charge in [-0.1, -0.05) is 22.0 Å². The highest BCUT2D eigenvalue weighted by atomic mass is 79.9. The van der Waals surface area contributed by atoms with Crippen LogP contribution in [0, 0.1) is 12.7 Å². The molecule has 0 atom stereocenters. The minimum atomic E-state index is -3.78. The van der Waals surface area contributed by atoms with Crippen molar-refractivity contribution in [3.63, 3.8) is 0 Å². The van der Waals surface area contributed by atoms with Gasteiger partial charge < -0.3 is 5.32 Å². The van der Waals surface area contributed by atoms with Gasteiger partial charge in [-0.05, 0) is 61.0 Å². The van der Waals surface area contributed by atoms with Crippen molar-refractivity contribution in [1.29, 1.82) is 0 Å². The molecule has 5 nitrogen and oxygen atoms in total. The number of sulfone groups is 1. The Labute approximate surface area is 164 Å². The zero-order valence-corrected chi connectivity index (χ0v) is 16.5. The summed E-state index contributed by atoms with van der Waals surface area (Å²) in [6.45, 7) is 1.62. The molecule has 2 aromatic carbocycles. The van der Waals surface area contributed by atoms with E-state index < -0.39 is 21.6 Å². The Kier molecular flexibility index (Phi) is 5.38. The molecule has 3 aromatic rings. The predicted octanol–water partition coefficient (Wildman–Crippen LogP) is 4.38. The Morgan fingerprint density at radius 3 is 2.37 bits per heavy atom. The number of benzene rings is 2. The Balaban J connectivity index is 1.81. The largest absolute Gasteiger partial charge is 0.322 e. The molecule has 0 radical (unpaired) electrons. The second-order valence-corrected chi connectivity index (χ2v) is 8.57. The number of pyridine rings is 1. The molecule has 0 aliphatic rings. The maximum Gasteiger partial charge on any atom is 0.257 e. The van der Waals surface area contributed by atoms with E-state index >= 15 is 0 Å². The van der Waals surface area contributed by atoms with E-state index in [4.69, 9.17) is 0 Å². The summed E-state index contributed by atoms with van der Waals surface area (Å²) >= 11 is 3.25. The van der Waals surface area contributed by atoms with Crippen LogP contribution in [0.3, 0.4) is 0 Å². The van der Waals surface area contributed by atoms with E-state index in [0.717, 1.165) is 4.47 Å². The zero-order chi connectivity index (χ0) is 19.6. The second-order valence-electron chi connectivity index (χ2n) is 5.76. The average molecular weight is 449 g/mol. The number of halogens is 2. The third kappa shape index (κ3) is 4.23. The lowest BCUT2D eigenvalue weighted by Gasteiger charge is -2.08. The molecule has 0 saturated carbocycles. The molecular weight excluding hydrogens is 435 g/mol. The van der Waals surface area contributed by atoms with Crippen molar-refractivity contribution in [1.82, 2.24) is 4.98 Å². The number of hydrogen-bond acceptors (Lipinski definition) is 4. The number of carbonyl (C=O) groups excluding carboxylic acids is 1. The fourth-order valence-electron chi connectivity index (χ4n) is 2.28. The molecule has 0 fully saturated rings. The molecule has 8 heteroatoms. The molecule has 0 unspecified atom stereocenters. The Morgan fingerprint density at radius 1 is 1.07 bits per heavy atom. The molecule has 0 spiro atoms. The van der Waals surface area contributed by atoms with Crippen molar-refractivity contribution >= 4 is 37.4 Å². The van der Waals surface area contributed by atoms with Gasteiger partial charge in [-0.15, -0.1) is 0 Å². The van der Waals surface area contributed by atoms with Crippen molar-refractivity contribution in [2.24, 2.45) is 0 Å². The van der Waals surface area contributed by atoms with Crippen LogP contribution in [0.1, 0.15) is 15.9 Å². The SMILES string of the molecule is Cc1ccc(NC(=O)c2ccc(S(=O)(=O)c3ccc(Br)cc3)nc2)cc1F. The van der Waals surface area contributed by atoms with E-state index in [1.807, 2.05) is 0 Å². The zero-order valence-electron chi connectivity index (χ0n) is 14.1. The third-order valence-electron chi connectivity index (χ3n) is 3.83. The summed E-state index contributed by atoms with van der Waals surface area (Å²) in [5.41, 5.74) is 0.928. The molecule has 0 bridgehead atoms. The van der Waals surface area contributed by atoms with Crippen LogP contribution in [0.4, 0.5) is 10.1 Å². The van der Waals surface area contributed by atoms with Crippen LogP contribution in [-0.2, 0) is 9.84 Å². The summed E-state index contributed by atoms with van der Waals surface area (Å²) in [6, 6.07) is 13.1.